The number of nitriles is 1. The Hall–Kier alpha value is -1.88. The number of aliphatic hydroxyl groups is 1. The third-order valence-electron chi connectivity index (χ3n) is 2.40. The molecule has 1 aromatic heterocycles. The zero-order valence-electron chi connectivity index (χ0n) is 10.3. The summed E-state index contributed by atoms with van der Waals surface area (Å²) >= 11 is 6.95. The molecule has 0 radical (unpaired) electrons. The maximum absolute atomic E-state index is 9.76. The molecule has 1 unspecified atom stereocenters. The lowest BCUT2D eigenvalue weighted by atomic mass is 10.2. The number of ether oxygens (including phenoxy) is 1. The second-order valence-corrected chi connectivity index (χ2v) is 4.86. The van der Waals surface area contributed by atoms with Crippen molar-refractivity contribution in [2.45, 2.75) is 6.10 Å². The van der Waals surface area contributed by atoms with Crippen molar-refractivity contribution in [1.82, 2.24) is 8.75 Å². The molecular formula is C12H11ClN4O2S. The summed E-state index contributed by atoms with van der Waals surface area (Å²) in [6, 6.07) is 6.96. The maximum Gasteiger partial charge on any atom is 0.245 e. The Morgan fingerprint density at radius 2 is 2.40 bits per heavy atom. The van der Waals surface area contributed by atoms with Gasteiger partial charge in [-0.05, 0) is 18.2 Å². The molecule has 104 valence electrons. The molecule has 0 fully saturated rings. The highest BCUT2D eigenvalue weighted by Gasteiger charge is 2.07. The van der Waals surface area contributed by atoms with Gasteiger partial charge in [0, 0.05) is 12.2 Å². The van der Waals surface area contributed by atoms with Crippen molar-refractivity contribution in [3.63, 3.8) is 0 Å². The minimum Gasteiger partial charge on any atom is -0.473 e. The van der Waals surface area contributed by atoms with Gasteiger partial charge in [-0.3, -0.25) is 0 Å². The second kappa shape index (κ2) is 7.05. The van der Waals surface area contributed by atoms with Crippen molar-refractivity contribution in [3.05, 3.63) is 35.0 Å². The standard InChI is InChI=1S/C12H11ClN4O2S/c13-11-3-9(2-1-8(11)4-14)15-5-10(18)7-19-12-6-16-20-17-12/h1-3,6,10,15,18H,5,7H2. The maximum atomic E-state index is 9.76. The number of nitrogens with one attached hydrogen (secondary N) is 1. The van der Waals surface area contributed by atoms with Gasteiger partial charge in [0.2, 0.25) is 5.88 Å². The van der Waals surface area contributed by atoms with Gasteiger partial charge >= 0.3 is 0 Å². The molecule has 1 heterocycles. The highest BCUT2D eigenvalue weighted by atomic mass is 35.5. The molecule has 0 aliphatic heterocycles. The summed E-state index contributed by atoms with van der Waals surface area (Å²) in [6.45, 7) is 0.405. The molecule has 1 atom stereocenters. The number of nitrogens with zero attached hydrogens (tertiary/aromatic N) is 3. The van der Waals surface area contributed by atoms with E-state index in [1.165, 1.54) is 6.20 Å². The lowest BCUT2D eigenvalue weighted by molar-refractivity contribution is 0.115. The second-order valence-electron chi connectivity index (χ2n) is 3.90. The van der Waals surface area contributed by atoms with E-state index < -0.39 is 6.10 Å². The molecule has 20 heavy (non-hydrogen) atoms. The van der Waals surface area contributed by atoms with Crippen LogP contribution >= 0.6 is 23.3 Å². The molecule has 2 aromatic rings. The molecule has 0 aliphatic carbocycles. The largest absolute Gasteiger partial charge is 0.473 e. The summed E-state index contributed by atoms with van der Waals surface area (Å²) in [5, 5.41) is 21.9. The Balaban J connectivity index is 1.79. The van der Waals surface area contributed by atoms with Gasteiger partial charge in [0.1, 0.15) is 25.0 Å². The number of hydrogen-bond acceptors (Lipinski definition) is 7. The van der Waals surface area contributed by atoms with Crippen LogP contribution < -0.4 is 10.1 Å². The van der Waals surface area contributed by atoms with Crippen LogP contribution in [0.4, 0.5) is 5.69 Å². The highest BCUT2D eigenvalue weighted by Crippen LogP contribution is 2.20. The summed E-state index contributed by atoms with van der Waals surface area (Å²) in [7, 11) is 0. The first kappa shape index (κ1) is 14.5. The van der Waals surface area contributed by atoms with E-state index >= 15 is 0 Å². The number of aliphatic hydroxyl groups excluding tert-OH is 1. The average molecular weight is 311 g/mol. The Labute approximate surface area is 124 Å². The molecule has 6 nitrogen and oxygen atoms in total. The monoisotopic (exact) mass is 310 g/mol. The summed E-state index contributed by atoms with van der Waals surface area (Å²) in [6.07, 6.45) is 0.789. The predicted molar refractivity (Wildman–Crippen MR) is 76.1 cm³/mol. The molecule has 2 rings (SSSR count). The SMILES string of the molecule is N#Cc1ccc(NCC(O)COc2cnsn2)cc1Cl. The summed E-state index contributed by atoms with van der Waals surface area (Å²) in [5.41, 5.74) is 1.14. The number of aromatic nitrogens is 2. The Morgan fingerprint density at radius 1 is 1.55 bits per heavy atom. The third-order valence-corrected chi connectivity index (χ3v) is 3.17. The van der Waals surface area contributed by atoms with E-state index in [-0.39, 0.29) is 6.61 Å². The predicted octanol–water partition coefficient (Wildman–Crippen LogP) is 1.91. The van der Waals surface area contributed by atoms with Gasteiger partial charge in [0.05, 0.1) is 22.3 Å². The van der Waals surface area contributed by atoms with Crippen LogP contribution in [0.15, 0.2) is 24.4 Å². The van der Waals surface area contributed by atoms with Gasteiger partial charge < -0.3 is 15.2 Å². The van der Waals surface area contributed by atoms with Crippen LogP contribution in [0.2, 0.25) is 5.02 Å². The van der Waals surface area contributed by atoms with Crippen LogP contribution in [0.3, 0.4) is 0 Å². The number of anilines is 1. The fraction of sp³-hybridized carbons (Fsp3) is 0.250. The molecule has 0 bridgehead atoms. The summed E-state index contributed by atoms with van der Waals surface area (Å²) in [5.74, 6) is 0.399. The molecule has 0 aliphatic rings. The number of benzene rings is 1. The van der Waals surface area contributed by atoms with E-state index in [2.05, 4.69) is 14.1 Å². The van der Waals surface area contributed by atoms with E-state index in [0.717, 1.165) is 17.4 Å². The minimum absolute atomic E-state index is 0.114. The van der Waals surface area contributed by atoms with Crippen molar-refractivity contribution in [3.8, 4) is 11.9 Å². The topological polar surface area (TPSA) is 91.1 Å². The van der Waals surface area contributed by atoms with E-state index in [1.807, 2.05) is 6.07 Å². The van der Waals surface area contributed by atoms with E-state index in [9.17, 15) is 5.11 Å². The zero-order chi connectivity index (χ0) is 14.4. The van der Waals surface area contributed by atoms with Gasteiger partial charge in [-0.15, -0.1) is 4.37 Å². The number of halogens is 1. The van der Waals surface area contributed by atoms with Crippen molar-refractivity contribution >= 4 is 29.0 Å². The Morgan fingerprint density at radius 3 is 3.05 bits per heavy atom. The molecule has 0 saturated carbocycles. The van der Waals surface area contributed by atoms with Crippen molar-refractivity contribution < 1.29 is 9.84 Å². The van der Waals surface area contributed by atoms with Crippen LogP contribution in [-0.4, -0.2) is 33.1 Å². The van der Waals surface area contributed by atoms with Crippen LogP contribution in [0, 0.1) is 11.3 Å². The molecule has 8 heteroatoms. The smallest absolute Gasteiger partial charge is 0.245 e. The number of rotatable bonds is 6. The van der Waals surface area contributed by atoms with Crippen molar-refractivity contribution in [1.29, 1.82) is 5.26 Å². The van der Waals surface area contributed by atoms with Gasteiger partial charge in [0.15, 0.2) is 0 Å². The molecule has 2 N–H and O–H groups in total. The van der Waals surface area contributed by atoms with Crippen LogP contribution in [0.5, 0.6) is 5.88 Å². The molecule has 0 amide bonds. The number of hydrogen-bond donors (Lipinski definition) is 2. The van der Waals surface area contributed by atoms with Gasteiger partial charge in [-0.25, -0.2) is 0 Å². The quantitative estimate of drug-likeness (QED) is 0.847. The van der Waals surface area contributed by atoms with E-state index in [0.29, 0.717) is 23.0 Å². The summed E-state index contributed by atoms with van der Waals surface area (Å²) < 4.78 is 12.9. The van der Waals surface area contributed by atoms with E-state index in [1.54, 1.807) is 18.2 Å². The Bertz CT molecular complexity index is 600. The first-order valence-electron chi connectivity index (χ1n) is 5.71. The molecule has 1 aromatic carbocycles. The average Bonchev–Trinajstić information content (AvgIpc) is 2.96. The van der Waals surface area contributed by atoms with Gasteiger partial charge in [-0.1, -0.05) is 11.6 Å². The first-order valence-corrected chi connectivity index (χ1v) is 6.82. The van der Waals surface area contributed by atoms with Crippen LogP contribution in [0.1, 0.15) is 5.56 Å². The lowest BCUT2D eigenvalue weighted by Gasteiger charge is -2.13. The summed E-state index contributed by atoms with van der Waals surface area (Å²) in [4.78, 5) is 0. The van der Waals surface area contributed by atoms with Gasteiger partial charge in [-0.2, -0.15) is 9.64 Å². The van der Waals surface area contributed by atoms with Crippen LogP contribution in [-0.2, 0) is 0 Å². The minimum atomic E-state index is -0.703. The molecular weight excluding hydrogens is 300 g/mol. The zero-order valence-corrected chi connectivity index (χ0v) is 11.9. The lowest BCUT2D eigenvalue weighted by Crippen LogP contribution is -2.26. The molecule has 0 saturated heterocycles. The van der Waals surface area contributed by atoms with Crippen LogP contribution in [0.25, 0.3) is 0 Å². The van der Waals surface area contributed by atoms with Crippen molar-refractivity contribution in [2.75, 3.05) is 18.5 Å². The normalized spacial score (nSPS) is 11.7. The highest BCUT2D eigenvalue weighted by molar-refractivity contribution is 6.99. The van der Waals surface area contributed by atoms with Gasteiger partial charge in [0.25, 0.3) is 0 Å². The third kappa shape index (κ3) is 4.06. The fourth-order valence-corrected chi connectivity index (χ4v) is 2.00. The van der Waals surface area contributed by atoms with E-state index in [4.69, 9.17) is 21.6 Å². The Kier molecular flexibility index (Phi) is 5.12. The first-order chi connectivity index (χ1) is 9.69. The fourth-order valence-electron chi connectivity index (χ4n) is 1.41. The molecule has 0 spiro atoms. The van der Waals surface area contributed by atoms with Crippen molar-refractivity contribution in [2.24, 2.45) is 0 Å².